The Balaban J connectivity index is 1.04. The summed E-state index contributed by atoms with van der Waals surface area (Å²) in [6.07, 6.45) is 5.94. The van der Waals surface area contributed by atoms with Gasteiger partial charge in [0.1, 0.15) is 23.4 Å². The second-order valence-corrected chi connectivity index (χ2v) is 10.3. The van der Waals surface area contributed by atoms with Crippen molar-refractivity contribution >= 4 is 34.9 Å². The van der Waals surface area contributed by atoms with E-state index < -0.39 is 0 Å². The van der Waals surface area contributed by atoms with Gasteiger partial charge < -0.3 is 25.6 Å². The van der Waals surface area contributed by atoms with E-state index in [0.717, 1.165) is 62.5 Å². The van der Waals surface area contributed by atoms with E-state index in [0.29, 0.717) is 29.1 Å². The van der Waals surface area contributed by atoms with Crippen LogP contribution in [0, 0.1) is 12.8 Å². The number of anilines is 5. The summed E-state index contributed by atoms with van der Waals surface area (Å²) in [5.74, 6) is 2.16. The second kappa shape index (κ2) is 12.3. The molecule has 4 aromatic rings. The zero-order chi connectivity index (χ0) is 28.0. The number of aromatic nitrogens is 5. The minimum Gasteiger partial charge on any atom is -0.461 e. The summed E-state index contributed by atoms with van der Waals surface area (Å²) in [7, 11) is 0. The number of esters is 1. The highest BCUT2D eigenvalue weighted by atomic mass is 16.5. The summed E-state index contributed by atoms with van der Waals surface area (Å²) in [6, 6.07) is 17.5. The number of pyridine rings is 1. The van der Waals surface area contributed by atoms with Crippen LogP contribution in [0.15, 0.2) is 67.0 Å². The maximum absolute atomic E-state index is 12.5. The molecule has 41 heavy (non-hydrogen) atoms. The van der Waals surface area contributed by atoms with Crippen molar-refractivity contribution < 1.29 is 9.53 Å². The third-order valence-corrected chi connectivity index (χ3v) is 7.30. The topological polar surface area (TPSA) is 130 Å². The van der Waals surface area contributed by atoms with Gasteiger partial charge in [-0.2, -0.15) is 4.98 Å². The van der Waals surface area contributed by atoms with Crippen molar-refractivity contribution in [2.45, 2.75) is 32.3 Å². The summed E-state index contributed by atoms with van der Waals surface area (Å²) in [4.78, 5) is 37.2. The van der Waals surface area contributed by atoms with Crippen LogP contribution in [0.25, 0.3) is 11.5 Å². The van der Waals surface area contributed by atoms with E-state index in [9.17, 15) is 4.79 Å². The van der Waals surface area contributed by atoms with E-state index in [1.54, 1.807) is 24.5 Å². The average molecular weight is 552 g/mol. The Bertz CT molecular complexity index is 1480. The fourth-order valence-corrected chi connectivity index (χ4v) is 5.09. The largest absolute Gasteiger partial charge is 0.461 e. The number of nitrogens with one attached hydrogen (secondary N) is 3. The molecule has 2 aliphatic heterocycles. The van der Waals surface area contributed by atoms with Gasteiger partial charge >= 0.3 is 5.97 Å². The summed E-state index contributed by atoms with van der Waals surface area (Å²) >= 11 is 0. The minimum absolute atomic E-state index is 0.0148. The van der Waals surface area contributed by atoms with Gasteiger partial charge in [-0.05, 0) is 81.3 Å². The highest BCUT2D eigenvalue weighted by Crippen LogP contribution is 2.27. The number of piperidine rings is 1. The van der Waals surface area contributed by atoms with Gasteiger partial charge in [0.15, 0.2) is 5.82 Å². The molecule has 0 amide bonds. The predicted molar refractivity (Wildman–Crippen MR) is 157 cm³/mol. The lowest BCUT2D eigenvalue weighted by atomic mass is 9.96. The summed E-state index contributed by atoms with van der Waals surface area (Å²) < 4.78 is 5.68. The molecule has 1 atom stereocenters. The maximum atomic E-state index is 12.5. The molecule has 0 spiro atoms. The van der Waals surface area contributed by atoms with Gasteiger partial charge in [0.25, 0.3) is 0 Å². The molecule has 0 saturated carbocycles. The molecule has 6 rings (SSSR count). The number of carbonyl (C=O) groups excluding carboxylic acids is 1. The number of nitrogens with zero attached hydrogens (tertiary/aromatic N) is 6. The quantitative estimate of drug-likeness (QED) is 0.272. The lowest BCUT2D eigenvalue weighted by Crippen LogP contribution is -2.38. The van der Waals surface area contributed by atoms with Gasteiger partial charge in [0.2, 0.25) is 5.95 Å². The normalized spacial score (nSPS) is 17.3. The molecule has 2 fully saturated rings. The Morgan fingerprint density at radius 1 is 0.902 bits per heavy atom. The van der Waals surface area contributed by atoms with Crippen LogP contribution in [0.2, 0.25) is 0 Å². The molecule has 5 heterocycles. The van der Waals surface area contributed by atoms with Gasteiger partial charge in [-0.25, -0.2) is 19.9 Å². The van der Waals surface area contributed by atoms with Crippen molar-refractivity contribution in [3.8, 4) is 11.5 Å². The first-order valence-corrected chi connectivity index (χ1v) is 14.0. The Labute approximate surface area is 238 Å². The Morgan fingerprint density at radius 2 is 1.68 bits per heavy atom. The third-order valence-electron chi connectivity index (χ3n) is 7.30. The fourth-order valence-electron chi connectivity index (χ4n) is 5.09. The SMILES string of the molecule is Cc1cccc(-c2nccc(Nc3ccnc(Nc4ccc(N5CCC(C(=O)OC6CCNC6)CC5)cc4)n3)n2)n1. The summed E-state index contributed by atoms with van der Waals surface area (Å²) in [6.45, 7) is 5.29. The van der Waals surface area contributed by atoms with E-state index in [1.165, 1.54) is 0 Å². The van der Waals surface area contributed by atoms with Crippen molar-refractivity contribution in [1.82, 2.24) is 30.2 Å². The Hall–Kier alpha value is -4.64. The van der Waals surface area contributed by atoms with Crippen LogP contribution >= 0.6 is 0 Å². The molecule has 0 aliphatic carbocycles. The molecule has 0 bridgehead atoms. The van der Waals surface area contributed by atoms with E-state index in [4.69, 9.17) is 4.74 Å². The second-order valence-electron chi connectivity index (χ2n) is 10.3. The number of hydrogen-bond donors (Lipinski definition) is 3. The van der Waals surface area contributed by atoms with Crippen molar-refractivity contribution in [1.29, 1.82) is 0 Å². The van der Waals surface area contributed by atoms with Crippen LogP contribution in [0.1, 0.15) is 25.0 Å². The zero-order valence-electron chi connectivity index (χ0n) is 23.0. The van der Waals surface area contributed by atoms with Crippen molar-refractivity contribution in [3.63, 3.8) is 0 Å². The molecule has 11 heteroatoms. The fraction of sp³-hybridized carbons (Fsp3) is 0.333. The summed E-state index contributed by atoms with van der Waals surface area (Å²) in [5, 5.41) is 9.74. The minimum atomic E-state index is -0.0435. The van der Waals surface area contributed by atoms with E-state index >= 15 is 0 Å². The monoisotopic (exact) mass is 551 g/mol. The molecular weight excluding hydrogens is 518 g/mol. The van der Waals surface area contributed by atoms with Crippen LogP contribution in [0.4, 0.5) is 29.0 Å². The molecule has 3 aromatic heterocycles. The highest BCUT2D eigenvalue weighted by molar-refractivity contribution is 5.73. The predicted octanol–water partition coefficient (Wildman–Crippen LogP) is 4.25. The Morgan fingerprint density at radius 3 is 2.44 bits per heavy atom. The molecule has 210 valence electrons. The van der Waals surface area contributed by atoms with Crippen LogP contribution in [-0.2, 0) is 9.53 Å². The number of carbonyl (C=O) groups is 1. The first kappa shape index (κ1) is 26.6. The highest BCUT2D eigenvalue weighted by Gasteiger charge is 2.29. The van der Waals surface area contributed by atoms with Crippen LogP contribution in [-0.4, -0.2) is 63.2 Å². The number of hydrogen-bond acceptors (Lipinski definition) is 11. The maximum Gasteiger partial charge on any atom is 0.309 e. The average Bonchev–Trinajstić information content (AvgIpc) is 3.51. The van der Waals surface area contributed by atoms with Crippen molar-refractivity contribution in [2.75, 3.05) is 41.7 Å². The molecule has 11 nitrogen and oxygen atoms in total. The number of benzene rings is 1. The van der Waals surface area contributed by atoms with Crippen molar-refractivity contribution in [2.24, 2.45) is 5.92 Å². The zero-order valence-corrected chi connectivity index (χ0v) is 23.0. The van der Waals surface area contributed by atoms with Gasteiger partial charge in [-0.3, -0.25) is 4.79 Å². The third kappa shape index (κ3) is 6.75. The molecule has 1 unspecified atom stereocenters. The van der Waals surface area contributed by atoms with Gasteiger partial charge in [0.05, 0.1) is 5.92 Å². The summed E-state index contributed by atoms with van der Waals surface area (Å²) in [5.41, 5.74) is 3.62. The molecule has 2 saturated heterocycles. The first-order chi connectivity index (χ1) is 20.1. The number of ether oxygens (including phenoxy) is 1. The molecule has 2 aliphatic rings. The van der Waals surface area contributed by atoms with Crippen LogP contribution in [0.5, 0.6) is 0 Å². The van der Waals surface area contributed by atoms with Gasteiger partial charge in [-0.15, -0.1) is 0 Å². The number of rotatable bonds is 8. The van der Waals surface area contributed by atoms with E-state index in [-0.39, 0.29) is 18.0 Å². The van der Waals surface area contributed by atoms with Gasteiger partial charge in [0, 0.05) is 49.1 Å². The first-order valence-electron chi connectivity index (χ1n) is 14.0. The standard InChI is InChI=1S/C30H33N9O2/c1-20-3-2-4-25(34-20)28-32-15-10-26(37-28)36-27-11-16-33-30(38-27)35-22-5-7-23(8-6-22)39-17-12-21(13-18-39)29(40)41-24-9-14-31-19-24/h2-8,10-11,15-16,21,24,31H,9,12-14,17-19H2,1H3,(H2,32,33,35,36,37,38). The van der Waals surface area contributed by atoms with E-state index in [2.05, 4.69) is 57.9 Å². The molecular formula is C30H33N9O2. The molecule has 1 aromatic carbocycles. The lowest BCUT2D eigenvalue weighted by molar-refractivity contribution is -0.153. The molecule has 3 N–H and O–H groups in total. The van der Waals surface area contributed by atoms with E-state index in [1.807, 2.05) is 37.3 Å². The van der Waals surface area contributed by atoms with Crippen LogP contribution < -0.4 is 20.9 Å². The van der Waals surface area contributed by atoms with Gasteiger partial charge in [-0.1, -0.05) is 6.07 Å². The number of aryl methyl sites for hydroxylation is 1. The van der Waals surface area contributed by atoms with Crippen LogP contribution in [0.3, 0.4) is 0 Å². The Kier molecular flexibility index (Phi) is 7.94. The lowest BCUT2D eigenvalue weighted by Gasteiger charge is -2.33. The smallest absolute Gasteiger partial charge is 0.309 e. The molecule has 0 radical (unpaired) electrons. The van der Waals surface area contributed by atoms with Crippen molar-refractivity contribution in [3.05, 3.63) is 72.7 Å².